The van der Waals surface area contributed by atoms with Gasteiger partial charge in [0.15, 0.2) is 0 Å². The Hall–Kier alpha value is -2.57. The van der Waals surface area contributed by atoms with Crippen LogP contribution in [0.25, 0.3) is 0 Å². The molecular weight excluding hydrogens is 268 g/mol. The molecule has 0 aromatic carbocycles. The van der Waals surface area contributed by atoms with E-state index in [0.717, 1.165) is 23.5 Å². The van der Waals surface area contributed by atoms with Gasteiger partial charge in [-0.3, -0.25) is 10.1 Å². The van der Waals surface area contributed by atoms with Gasteiger partial charge >= 0.3 is 0 Å². The number of hydrogen-bond donors (Lipinski definition) is 2. The van der Waals surface area contributed by atoms with Crippen molar-refractivity contribution in [3.63, 3.8) is 0 Å². The van der Waals surface area contributed by atoms with Crippen LogP contribution in [0.15, 0.2) is 12.1 Å². The van der Waals surface area contributed by atoms with E-state index in [1.807, 2.05) is 20.8 Å². The van der Waals surface area contributed by atoms with Crippen LogP contribution in [0.1, 0.15) is 34.4 Å². The third kappa shape index (κ3) is 3.50. The van der Waals surface area contributed by atoms with Crippen molar-refractivity contribution in [3.8, 4) is 0 Å². The molecule has 110 valence electrons. The molecule has 2 aromatic rings. The number of rotatable bonds is 4. The average molecular weight is 286 g/mol. The Labute approximate surface area is 123 Å². The summed E-state index contributed by atoms with van der Waals surface area (Å²) in [5, 5.41) is 13.4. The van der Waals surface area contributed by atoms with E-state index >= 15 is 0 Å². The van der Waals surface area contributed by atoms with Crippen molar-refractivity contribution in [1.82, 2.24) is 20.2 Å². The van der Waals surface area contributed by atoms with Crippen molar-refractivity contribution < 1.29 is 4.79 Å². The van der Waals surface area contributed by atoms with Gasteiger partial charge in [0.25, 0.3) is 5.91 Å². The summed E-state index contributed by atoms with van der Waals surface area (Å²) in [7, 11) is 1.76. The zero-order chi connectivity index (χ0) is 15.4. The van der Waals surface area contributed by atoms with E-state index in [1.54, 1.807) is 19.2 Å². The van der Waals surface area contributed by atoms with Crippen LogP contribution in [-0.4, -0.2) is 33.1 Å². The molecule has 1 amide bonds. The molecule has 0 aliphatic rings. The Morgan fingerprint density at radius 3 is 2.52 bits per heavy atom. The molecule has 2 rings (SSSR count). The number of carbonyl (C=O) groups excluding carboxylic acids is 1. The summed E-state index contributed by atoms with van der Waals surface area (Å²) in [5.74, 6) is 0.566. The lowest BCUT2D eigenvalue weighted by atomic mass is 10.2. The third-order valence-electron chi connectivity index (χ3n) is 3.08. The van der Waals surface area contributed by atoms with Gasteiger partial charge in [-0.2, -0.15) is 5.10 Å². The lowest BCUT2D eigenvalue weighted by molar-refractivity contribution is 0.102. The fourth-order valence-corrected chi connectivity index (χ4v) is 1.71. The predicted octanol–water partition coefficient (Wildman–Crippen LogP) is 1.74. The number of nitrogens with one attached hydrogen (secondary N) is 2. The first-order valence-corrected chi connectivity index (χ1v) is 6.71. The summed E-state index contributed by atoms with van der Waals surface area (Å²) in [6, 6.07) is 3.44. The number of anilines is 2. The lowest BCUT2D eigenvalue weighted by Crippen LogP contribution is -2.16. The predicted molar refractivity (Wildman–Crippen MR) is 80.4 cm³/mol. The number of hydrogen-bond acceptors (Lipinski definition) is 6. The van der Waals surface area contributed by atoms with Crippen molar-refractivity contribution in [2.45, 2.75) is 27.2 Å². The molecule has 7 nitrogen and oxygen atoms in total. The van der Waals surface area contributed by atoms with Crippen LogP contribution < -0.4 is 10.6 Å². The normalized spacial score (nSPS) is 10.3. The maximum atomic E-state index is 12.3. The first-order valence-electron chi connectivity index (χ1n) is 6.71. The summed E-state index contributed by atoms with van der Waals surface area (Å²) < 4.78 is 0. The van der Waals surface area contributed by atoms with Crippen molar-refractivity contribution in [1.29, 1.82) is 0 Å². The molecule has 0 aliphatic heterocycles. The molecule has 7 heteroatoms. The average Bonchev–Trinajstić information content (AvgIpc) is 2.50. The monoisotopic (exact) mass is 286 g/mol. The topological polar surface area (TPSA) is 92.7 Å². The third-order valence-corrected chi connectivity index (χ3v) is 3.08. The second kappa shape index (κ2) is 6.25. The van der Waals surface area contributed by atoms with Crippen LogP contribution in [0, 0.1) is 13.8 Å². The van der Waals surface area contributed by atoms with E-state index in [-0.39, 0.29) is 11.9 Å². The van der Waals surface area contributed by atoms with Crippen molar-refractivity contribution >= 4 is 17.7 Å². The molecule has 0 saturated carbocycles. The minimum absolute atomic E-state index is 0.198. The summed E-state index contributed by atoms with van der Waals surface area (Å²) in [6.07, 6.45) is 0.748. The van der Waals surface area contributed by atoms with Gasteiger partial charge in [0, 0.05) is 18.3 Å². The van der Waals surface area contributed by atoms with Gasteiger partial charge in [-0.25, -0.2) is 9.97 Å². The lowest BCUT2D eigenvalue weighted by Gasteiger charge is -2.08. The van der Waals surface area contributed by atoms with Crippen LogP contribution in [-0.2, 0) is 6.42 Å². The fourth-order valence-electron chi connectivity index (χ4n) is 1.71. The maximum absolute atomic E-state index is 12.3. The molecule has 0 aliphatic carbocycles. The number of pyridine rings is 1. The van der Waals surface area contributed by atoms with Gasteiger partial charge in [-0.05, 0) is 32.4 Å². The standard InChI is InChI=1S/C14H18N6O/c1-5-11-6-10(7-12(15-4)17-11)13(21)18-14-16-8(2)9(3)19-20-14/h6-7H,5H2,1-4H3,(H,15,17)(H,16,18,20,21). The van der Waals surface area contributed by atoms with E-state index in [0.29, 0.717) is 11.4 Å². The molecule has 0 atom stereocenters. The van der Waals surface area contributed by atoms with Crippen LogP contribution in [0.5, 0.6) is 0 Å². The largest absolute Gasteiger partial charge is 0.373 e. The first kappa shape index (κ1) is 14.8. The zero-order valence-corrected chi connectivity index (χ0v) is 12.6. The highest BCUT2D eigenvalue weighted by Gasteiger charge is 2.11. The van der Waals surface area contributed by atoms with Crippen molar-refractivity contribution in [2.24, 2.45) is 0 Å². The van der Waals surface area contributed by atoms with Gasteiger partial charge in [0.1, 0.15) is 5.82 Å². The molecule has 2 heterocycles. The molecule has 2 N–H and O–H groups in total. The summed E-state index contributed by atoms with van der Waals surface area (Å²) in [4.78, 5) is 20.8. The summed E-state index contributed by atoms with van der Waals surface area (Å²) in [5.41, 5.74) is 2.82. The highest BCUT2D eigenvalue weighted by Crippen LogP contribution is 2.12. The van der Waals surface area contributed by atoms with E-state index < -0.39 is 0 Å². The number of aryl methyl sites for hydroxylation is 3. The summed E-state index contributed by atoms with van der Waals surface area (Å²) >= 11 is 0. The molecule has 21 heavy (non-hydrogen) atoms. The molecule has 0 saturated heterocycles. The Kier molecular flexibility index (Phi) is 4.42. The summed E-state index contributed by atoms with van der Waals surface area (Å²) in [6.45, 7) is 5.62. The second-order valence-corrected chi connectivity index (χ2v) is 4.60. The number of nitrogens with zero attached hydrogens (tertiary/aromatic N) is 4. The van der Waals surface area contributed by atoms with E-state index in [4.69, 9.17) is 0 Å². The molecule has 0 bridgehead atoms. The van der Waals surface area contributed by atoms with Gasteiger partial charge in [0.2, 0.25) is 5.95 Å². The Balaban J connectivity index is 2.25. The number of carbonyl (C=O) groups is 1. The van der Waals surface area contributed by atoms with Crippen LogP contribution >= 0.6 is 0 Å². The molecule has 0 unspecified atom stereocenters. The van der Waals surface area contributed by atoms with Gasteiger partial charge in [-0.1, -0.05) is 6.92 Å². The van der Waals surface area contributed by atoms with Gasteiger partial charge in [0.05, 0.1) is 11.4 Å². The highest BCUT2D eigenvalue weighted by atomic mass is 16.1. The number of amides is 1. The quantitative estimate of drug-likeness (QED) is 0.889. The van der Waals surface area contributed by atoms with Crippen molar-refractivity contribution in [2.75, 3.05) is 17.7 Å². The first-order chi connectivity index (χ1) is 10.0. The molecule has 0 radical (unpaired) electrons. The minimum Gasteiger partial charge on any atom is -0.373 e. The Bertz CT molecular complexity index is 648. The molecule has 2 aromatic heterocycles. The van der Waals surface area contributed by atoms with Gasteiger partial charge in [-0.15, -0.1) is 5.10 Å². The smallest absolute Gasteiger partial charge is 0.258 e. The van der Waals surface area contributed by atoms with Crippen LogP contribution in [0.2, 0.25) is 0 Å². The molecular formula is C14H18N6O. The zero-order valence-electron chi connectivity index (χ0n) is 12.6. The maximum Gasteiger partial charge on any atom is 0.258 e. The van der Waals surface area contributed by atoms with E-state index in [1.165, 1.54) is 0 Å². The fraction of sp³-hybridized carbons (Fsp3) is 0.357. The van der Waals surface area contributed by atoms with Crippen molar-refractivity contribution in [3.05, 3.63) is 34.8 Å². The SMILES string of the molecule is CCc1cc(C(=O)Nc2nnc(C)c(C)n2)cc(NC)n1. The van der Waals surface area contributed by atoms with E-state index in [9.17, 15) is 4.79 Å². The van der Waals surface area contributed by atoms with Gasteiger partial charge < -0.3 is 5.32 Å². The number of aromatic nitrogens is 4. The minimum atomic E-state index is -0.284. The second-order valence-electron chi connectivity index (χ2n) is 4.60. The highest BCUT2D eigenvalue weighted by molar-refractivity contribution is 6.03. The molecule has 0 fully saturated rings. The Morgan fingerprint density at radius 2 is 1.90 bits per heavy atom. The molecule has 0 spiro atoms. The van der Waals surface area contributed by atoms with Crippen LogP contribution in [0.3, 0.4) is 0 Å². The van der Waals surface area contributed by atoms with E-state index in [2.05, 4.69) is 30.8 Å². The Morgan fingerprint density at radius 1 is 1.14 bits per heavy atom. The van der Waals surface area contributed by atoms with Crippen LogP contribution in [0.4, 0.5) is 11.8 Å².